The number of carbonyl (C=O) groups excluding carboxylic acids is 1. The first-order chi connectivity index (χ1) is 11.6. The first-order valence-electron chi connectivity index (χ1n) is 9.17. The van der Waals surface area contributed by atoms with Gasteiger partial charge in [-0.3, -0.25) is 4.79 Å². The topological polar surface area (TPSA) is 35.6 Å². The van der Waals surface area contributed by atoms with E-state index in [0.717, 1.165) is 57.4 Å². The van der Waals surface area contributed by atoms with Crippen LogP contribution in [0, 0.1) is 5.82 Å². The van der Waals surface area contributed by atoms with Crippen molar-refractivity contribution in [3.8, 4) is 0 Å². The number of fused-ring (bicyclic) bond motifs is 1. The van der Waals surface area contributed by atoms with E-state index in [9.17, 15) is 9.18 Å². The van der Waals surface area contributed by atoms with Crippen LogP contribution in [-0.2, 0) is 11.2 Å². The number of carbonyl (C=O) groups is 1. The van der Waals surface area contributed by atoms with E-state index in [1.165, 1.54) is 5.69 Å². The molecule has 2 aliphatic heterocycles. The Kier molecular flexibility index (Phi) is 5.39. The van der Waals surface area contributed by atoms with Crippen LogP contribution in [0.5, 0.6) is 0 Å². The fourth-order valence-corrected chi connectivity index (χ4v) is 3.90. The second kappa shape index (κ2) is 7.51. The monoisotopic (exact) mass is 333 g/mol. The molecule has 24 heavy (non-hydrogen) atoms. The summed E-state index contributed by atoms with van der Waals surface area (Å²) in [6, 6.07) is 5.48. The minimum absolute atomic E-state index is 0.100. The molecule has 0 bridgehead atoms. The van der Waals surface area contributed by atoms with Crippen molar-refractivity contribution in [2.45, 2.75) is 51.6 Å². The molecule has 1 aromatic rings. The lowest BCUT2D eigenvalue weighted by Gasteiger charge is -2.39. The molecule has 132 valence electrons. The molecule has 1 N–H and O–H groups in total. The van der Waals surface area contributed by atoms with Crippen molar-refractivity contribution < 1.29 is 9.18 Å². The largest absolute Gasteiger partial charge is 0.368 e. The summed E-state index contributed by atoms with van der Waals surface area (Å²) in [5.41, 5.74) is 2.30. The fraction of sp³-hybridized carbons (Fsp3) is 0.632. The van der Waals surface area contributed by atoms with Gasteiger partial charge in [0, 0.05) is 31.4 Å². The maximum absolute atomic E-state index is 13.4. The molecule has 1 unspecified atom stereocenters. The van der Waals surface area contributed by atoms with Crippen LogP contribution >= 0.6 is 0 Å². The molecule has 1 amide bonds. The van der Waals surface area contributed by atoms with Crippen molar-refractivity contribution in [3.63, 3.8) is 0 Å². The number of nitrogens with one attached hydrogen (secondary N) is 1. The number of anilines is 1. The first-order valence-corrected chi connectivity index (χ1v) is 9.17. The zero-order chi connectivity index (χ0) is 17.1. The SMILES string of the molecule is CCCNC(C)C(=O)N1CCC(N2CCc3cc(F)ccc32)CC1. The Morgan fingerprint density at radius 1 is 1.33 bits per heavy atom. The van der Waals surface area contributed by atoms with Crippen molar-refractivity contribution in [3.05, 3.63) is 29.6 Å². The van der Waals surface area contributed by atoms with Gasteiger partial charge in [0.1, 0.15) is 5.82 Å². The average molecular weight is 333 g/mol. The second-order valence-corrected chi connectivity index (χ2v) is 6.95. The van der Waals surface area contributed by atoms with E-state index in [2.05, 4.69) is 17.1 Å². The highest BCUT2D eigenvalue weighted by Crippen LogP contribution is 2.33. The van der Waals surface area contributed by atoms with Gasteiger partial charge in [-0.05, 0) is 62.9 Å². The molecule has 1 fully saturated rings. The second-order valence-electron chi connectivity index (χ2n) is 6.95. The van der Waals surface area contributed by atoms with Crippen molar-refractivity contribution in [1.29, 1.82) is 0 Å². The van der Waals surface area contributed by atoms with Gasteiger partial charge >= 0.3 is 0 Å². The quantitative estimate of drug-likeness (QED) is 0.899. The number of hydrogen-bond donors (Lipinski definition) is 1. The molecule has 0 saturated carbocycles. The van der Waals surface area contributed by atoms with Gasteiger partial charge in [-0.2, -0.15) is 0 Å². The number of likely N-dealkylation sites (tertiary alicyclic amines) is 1. The molecule has 0 aliphatic carbocycles. The van der Waals surface area contributed by atoms with E-state index in [1.54, 1.807) is 12.1 Å². The zero-order valence-corrected chi connectivity index (χ0v) is 14.7. The van der Waals surface area contributed by atoms with Gasteiger partial charge in [-0.15, -0.1) is 0 Å². The normalized spacial score (nSPS) is 19.5. The number of benzene rings is 1. The highest BCUT2D eigenvalue weighted by atomic mass is 19.1. The van der Waals surface area contributed by atoms with Crippen LogP contribution in [0.1, 0.15) is 38.7 Å². The van der Waals surface area contributed by atoms with Crippen molar-refractivity contribution in [1.82, 2.24) is 10.2 Å². The summed E-state index contributed by atoms with van der Waals surface area (Å²) in [7, 11) is 0. The van der Waals surface area contributed by atoms with Crippen molar-refractivity contribution in [2.75, 3.05) is 31.1 Å². The average Bonchev–Trinajstić information content (AvgIpc) is 3.02. The number of rotatable bonds is 5. The van der Waals surface area contributed by atoms with Gasteiger partial charge in [-0.25, -0.2) is 4.39 Å². The van der Waals surface area contributed by atoms with E-state index >= 15 is 0 Å². The molecule has 4 nitrogen and oxygen atoms in total. The summed E-state index contributed by atoms with van der Waals surface area (Å²) in [5, 5.41) is 3.28. The molecule has 0 spiro atoms. The number of halogens is 1. The third-order valence-corrected chi connectivity index (χ3v) is 5.26. The Hall–Kier alpha value is -1.62. The summed E-state index contributed by atoms with van der Waals surface area (Å²) >= 11 is 0. The van der Waals surface area contributed by atoms with Crippen molar-refractivity contribution in [2.24, 2.45) is 0 Å². The summed E-state index contributed by atoms with van der Waals surface area (Å²) in [5.74, 6) is 0.0652. The van der Waals surface area contributed by atoms with Gasteiger partial charge in [0.05, 0.1) is 6.04 Å². The Bertz CT molecular complexity index is 584. The van der Waals surface area contributed by atoms with Crippen LogP contribution in [0.3, 0.4) is 0 Å². The van der Waals surface area contributed by atoms with Crippen LogP contribution in [0.25, 0.3) is 0 Å². The molecule has 2 aliphatic rings. The van der Waals surface area contributed by atoms with Gasteiger partial charge in [0.2, 0.25) is 5.91 Å². The van der Waals surface area contributed by atoms with E-state index in [0.29, 0.717) is 6.04 Å². The fourth-order valence-electron chi connectivity index (χ4n) is 3.90. The Labute approximate surface area is 144 Å². The van der Waals surface area contributed by atoms with Gasteiger partial charge < -0.3 is 15.1 Å². The third-order valence-electron chi connectivity index (χ3n) is 5.26. The summed E-state index contributed by atoms with van der Waals surface area (Å²) in [6.07, 6.45) is 3.94. The minimum atomic E-state index is -0.149. The Morgan fingerprint density at radius 2 is 2.08 bits per heavy atom. The minimum Gasteiger partial charge on any atom is -0.368 e. The predicted molar refractivity (Wildman–Crippen MR) is 94.8 cm³/mol. The number of nitrogens with zero attached hydrogens (tertiary/aromatic N) is 2. The zero-order valence-electron chi connectivity index (χ0n) is 14.7. The van der Waals surface area contributed by atoms with Crippen LogP contribution in [0.15, 0.2) is 18.2 Å². The smallest absolute Gasteiger partial charge is 0.239 e. The first kappa shape index (κ1) is 17.2. The summed E-state index contributed by atoms with van der Waals surface area (Å²) in [4.78, 5) is 16.9. The standard InChI is InChI=1S/C19H28FN3O/c1-3-9-21-14(2)19(24)22-10-7-17(8-11-22)23-12-6-15-13-16(20)4-5-18(15)23/h4-5,13-14,17,21H,3,6-12H2,1-2H3. The number of piperidine rings is 1. The molecular weight excluding hydrogens is 305 g/mol. The molecule has 0 radical (unpaired) electrons. The molecule has 2 heterocycles. The lowest BCUT2D eigenvalue weighted by Crippen LogP contribution is -2.51. The van der Waals surface area contributed by atoms with Crippen molar-refractivity contribution >= 4 is 11.6 Å². The molecule has 1 saturated heterocycles. The maximum atomic E-state index is 13.4. The van der Waals surface area contributed by atoms with Crippen LogP contribution in [0.2, 0.25) is 0 Å². The van der Waals surface area contributed by atoms with Gasteiger partial charge in [-0.1, -0.05) is 6.92 Å². The van der Waals surface area contributed by atoms with Crippen LogP contribution in [-0.4, -0.2) is 49.1 Å². The van der Waals surface area contributed by atoms with E-state index in [1.807, 2.05) is 17.9 Å². The van der Waals surface area contributed by atoms with Gasteiger partial charge in [0.15, 0.2) is 0 Å². The van der Waals surface area contributed by atoms with Crippen LogP contribution in [0.4, 0.5) is 10.1 Å². The summed E-state index contributed by atoms with van der Waals surface area (Å²) in [6.45, 7) is 7.53. The highest BCUT2D eigenvalue weighted by Gasteiger charge is 2.31. The third kappa shape index (κ3) is 3.56. The lowest BCUT2D eigenvalue weighted by molar-refractivity contribution is -0.134. The van der Waals surface area contributed by atoms with E-state index in [4.69, 9.17) is 0 Å². The summed E-state index contributed by atoms with van der Waals surface area (Å²) < 4.78 is 13.4. The molecule has 5 heteroatoms. The molecular formula is C19H28FN3O. The molecule has 3 rings (SSSR count). The molecule has 1 aromatic carbocycles. The Balaban J connectivity index is 1.56. The molecule has 0 aromatic heterocycles. The van der Waals surface area contributed by atoms with E-state index in [-0.39, 0.29) is 17.8 Å². The highest BCUT2D eigenvalue weighted by molar-refractivity contribution is 5.81. The Morgan fingerprint density at radius 3 is 2.79 bits per heavy atom. The van der Waals surface area contributed by atoms with Crippen LogP contribution < -0.4 is 10.2 Å². The van der Waals surface area contributed by atoms with E-state index < -0.39 is 0 Å². The maximum Gasteiger partial charge on any atom is 0.239 e. The number of hydrogen-bond acceptors (Lipinski definition) is 3. The van der Waals surface area contributed by atoms with Gasteiger partial charge in [0.25, 0.3) is 0 Å². The predicted octanol–water partition coefficient (Wildman–Crippen LogP) is 2.57. The lowest BCUT2D eigenvalue weighted by atomic mass is 10.0. The number of amides is 1. The molecule has 1 atom stereocenters.